The molecule has 30 heavy (non-hydrogen) atoms. The highest BCUT2D eigenvalue weighted by atomic mass is 32.1. The molecule has 0 unspecified atom stereocenters. The van der Waals surface area contributed by atoms with Crippen LogP contribution in [0.15, 0.2) is 47.8 Å². The number of thiophene rings is 1. The molecule has 1 aliphatic heterocycles. The largest absolute Gasteiger partial charge is 0.494 e. The van der Waals surface area contributed by atoms with Crippen LogP contribution in [-0.2, 0) is 6.61 Å². The smallest absolute Gasteiger partial charge is 0.273 e. The van der Waals surface area contributed by atoms with E-state index in [4.69, 9.17) is 18.9 Å². The molecule has 0 spiro atoms. The molecule has 1 N–H and O–H groups in total. The number of hydrogen-bond donors (Lipinski definition) is 1. The number of fused-ring (bicyclic) bond motifs is 1. The van der Waals surface area contributed by atoms with Gasteiger partial charge in [-0.1, -0.05) is 0 Å². The summed E-state index contributed by atoms with van der Waals surface area (Å²) in [5, 5.41) is 15.4. The SMILES string of the molecule is COc1cc([N+](=O)[O-])ccc1NC(=O)c1cc(COc2ccc3c(c2)OCO3)cs1. The predicted molar refractivity (Wildman–Crippen MR) is 109 cm³/mol. The van der Waals surface area contributed by atoms with Crippen molar-refractivity contribution in [2.24, 2.45) is 0 Å². The molecule has 1 aliphatic rings. The minimum absolute atomic E-state index is 0.121. The fourth-order valence-electron chi connectivity index (χ4n) is 2.78. The Kier molecular flexibility index (Phi) is 5.40. The van der Waals surface area contributed by atoms with Crippen molar-refractivity contribution >= 4 is 28.6 Å². The maximum Gasteiger partial charge on any atom is 0.273 e. The lowest BCUT2D eigenvalue weighted by Crippen LogP contribution is -2.11. The number of nitrogens with zero attached hydrogens (tertiary/aromatic N) is 1. The van der Waals surface area contributed by atoms with Crippen LogP contribution in [0.1, 0.15) is 15.2 Å². The third-order valence-electron chi connectivity index (χ3n) is 4.27. The number of ether oxygens (including phenoxy) is 4. The Morgan fingerprint density at radius 2 is 2.03 bits per heavy atom. The first-order valence-corrected chi connectivity index (χ1v) is 9.65. The zero-order chi connectivity index (χ0) is 21.1. The maximum absolute atomic E-state index is 12.6. The number of carbonyl (C=O) groups is 1. The fourth-order valence-corrected chi connectivity index (χ4v) is 3.58. The Balaban J connectivity index is 1.40. The maximum atomic E-state index is 12.6. The highest BCUT2D eigenvalue weighted by molar-refractivity contribution is 7.12. The van der Waals surface area contributed by atoms with Crippen molar-refractivity contribution in [2.45, 2.75) is 6.61 Å². The van der Waals surface area contributed by atoms with E-state index >= 15 is 0 Å². The van der Waals surface area contributed by atoms with Crippen molar-refractivity contribution < 1.29 is 28.7 Å². The number of carbonyl (C=O) groups excluding carboxylic acids is 1. The lowest BCUT2D eigenvalue weighted by atomic mass is 10.2. The van der Waals surface area contributed by atoms with Crippen LogP contribution in [-0.4, -0.2) is 24.7 Å². The molecule has 0 atom stereocenters. The van der Waals surface area contributed by atoms with Crippen LogP contribution in [0.3, 0.4) is 0 Å². The molecule has 9 nitrogen and oxygen atoms in total. The van der Waals surface area contributed by atoms with Crippen LogP contribution in [0.25, 0.3) is 0 Å². The number of anilines is 1. The molecule has 0 bridgehead atoms. The molecule has 2 aromatic carbocycles. The summed E-state index contributed by atoms with van der Waals surface area (Å²) in [6, 6.07) is 11.0. The van der Waals surface area contributed by atoms with Crippen molar-refractivity contribution in [3.8, 4) is 23.0 Å². The lowest BCUT2D eigenvalue weighted by Gasteiger charge is -2.09. The topological polar surface area (TPSA) is 109 Å². The van der Waals surface area contributed by atoms with E-state index in [1.165, 1.54) is 36.6 Å². The minimum atomic E-state index is -0.528. The molecule has 0 saturated carbocycles. The van der Waals surface area contributed by atoms with Gasteiger partial charge in [0.1, 0.15) is 18.1 Å². The van der Waals surface area contributed by atoms with Gasteiger partial charge in [0.05, 0.1) is 28.7 Å². The average Bonchev–Trinajstić information content (AvgIpc) is 3.41. The number of non-ortho nitro benzene ring substituents is 1. The summed E-state index contributed by atoms with van der Waals surface area (Å²) in [7, 11) is 1.38. The number of rotatable bonds is 7. The zero-order valence-corrected chi connectivity index (χ0v) is 16.6. The molecule has 10 heteroatoms. The van der Waals surface area contributed by atoms with Gasteiger partial charge >= 0.3 is 0 Å². The van der Waals surface area contributed by atoms with Crippen molar-refractivity contribution in [1.29, 1.82) is 0 Å². The van der Waals surface area contributed by atoms with Gasteiger partial charge < -0.3 is 24.3 Å². The quantitative estimate of drug-likeness (QED) is 0.443. The van der Waals surface area contributed by atoms with E-state index in [2.05, 4.69) is 5.32 Å². The van der Waals surface area contributed by atoms with E-state index in [0.29, 0.717) is 27.8 Å². The number of amides is 1. The summed E-state index contributed by atoms with van der Waals surface area (Å²) in [6.07, 6.45) is 0. The summed E-state index contributed by atoms with van der Waals surface area (Å²) in [4.78, 5) is 23.4. The van der Waals surface area contributed by atoms with Crippen LogP contribution >= 0.6 is 11.3 Å². The van der Waals surface area contributed by atoms with Gasteiger partial charge in [-0.15, -0.1) is 11.3 Å². The second kappa shape index (κ2) is 8.29. The van der Waals surface area contributed by atoms with Crippen molar-refractivity contribution in [3.63, 3.8) is 0 Å². The second-order valence-corrected chi connectivity index (χ2v) is 7.13. The lowest BCUT2D eigenvalue weighted by molar-refractivity contribution is -0.384. The first-order chi connectivity index (χ1) is 14.5. The molecular weight excluding hydrogens is 412 g/mol. The standard InChI is InChI=1S/C20H16N2O7S/c1-26-17-7-13(22(24)25)2-4-15(17)21-20(23)19-6-12(10-30-19)9-27-14-3-5-16-18(8-14)29-11-28-16/h2-8,10H,9,11H2,1H3,(H,21,23). The Hall–Kier alpha value is -3.79. The first kappa shape index (κ1) is 19.5. The summed E-state index contributed by atoms with van der Waals surface area (Å²) < 4.78 is 21.5. The molecule has 1 aromatic heterocycles. The van der Waals surface area contributed by atoms with Crippen LogP contribution < -0.4 is 24.3 Å². The molecule has 0 radical (unpaired) electrons. The van der Waals surface area contributed by atoms with Gasteiger partial charge in [-0.05, 0) is 29.6 Å². The monoisotopic (exact) mass is 428 g/mol. The highest BCUT2D eigenvalue weighted by Crippen LogP contribution is 2.35. The highest BCUT2D eigenvalue weighted by Gasteiger charge is 2.17. The predicted octanol–water partition coefficient (Wildman–Crippen LogP) is 4.22. The Morgan fingerprint density at radius 1 is 1.20 bits per heavy atom. The van der Waals surface area contributed by atoms with Crippen LogP contribution in [0.4, 0.5) is 11.4 Å². The Bertz CT molecular complexity index is 1110. The van der Waals surface area contributed by atoms with E-state index in [1.54, 1.807) is 24.3 Å². The number of nitro benzene ring substituents is 1. The Morgan fingerprint density at radius 3 is 2.83 bits per heavy atom. The summed E-state index contributed by atoms with van der Waals surface area (Å²) >= 11 is 1.27. The molecule has 4 rings (SSSR count). The van der Waals surface area contributed by atoms with E-state index in [1.807, 2.05) is 5.38 Å². The van der Waals surface area contributed by atoms with E-state index < -0.39 is 4.92 Å². The van der Waals surface area contributed by atoms with Gasteiger partial charge in [-0.2, -0.15) is 0 Å². The third-order valence-corrected chi connectivity index (χ3v) is 5.25. The van der Waals surface area contributed by atoms with Crippen molar-refractivity contribution in [2.75, 3.05) is 19.2 Å². The van der Waals surface area contributed by atoms with E-state index in [9.17, 15) is 14.9 Å². The van der Waals surface area contributed by atoms with Crippen molar-refractivity contribution in [3.05, 3.63) is 68.4 Å². The first-order valence-electron chi connectivity index (χ1n) is 8.77. The normalized spacial score (nSPS) is 11.8. The van der Waals surface area contributed by atoms with Crippen LogP contribution in [0.5, 0.6) is 23.0 Å². The number of methoxy groups -OCH3 is 1. The van der Waals surface area contributed by atoms with E-state index in [-0.39, 0.29) is 30.7 Å². The van der Waals surface area contributed by atoms with Gasteiger partial charge in [-0.25, -0.2) is 0 Å². The molecule has 1 amide bonds. The van der Waals surface area contributed by atoms with Gasteiger partial charge in [0, 0.05) is 17.7 Å². The third kappa shape index (κ3) is 4.13. The van der Waals surface area contributed by atoms with Crippen LogP contribution in [0.2, 0.25) is 0 Å². The summed E-state index contributed by atoms with van der Waals surface area (Å²) in [5.41, 5.74) is 1.06. The number of nitro groups is 1. The Labute approximate surface area is 174 Å². The molecular formula is C20H16N2O7S. The van der Waals surface area contributed by atoms with Gasteiger partial charge in [0.2, 0.25) is 6.79 Å². The van der Waals surface area contributed by atoms with Gasteiger partial charge in [-0.3, -0.25) is 14.9 Å². The molecule has 3 aromatic rings. The summed E-state index contributed by atoms with van der Waals surface area (Å²) in [6.45, 7) is 0.478. The molecule has 2 heterocycles. The second-order valence-electron chi connectivity index (χ2n) is 6.22. The van der Waals surface area contributed by atoms with Gasteiger partial charge in [0.15, 0.2) is 11.5 Å². The molecule has 0 fully saturated rings. The average molecular weight is 428 g/mol. The fraction of sp³-hybridized carbons (Fsp3) is 0.150. The minimum Gasteiger partial charge on any atom is -0.494 e. The molecule has 154 valence electrons. The van der Waals surface area contributed by atoms with Crippen LogP contribution in [0, 0.1) is 10.1 Å². The van der Waals surface area contributed by atoms with Crippen molar-refractivity contribution in [1.82, 2.24) is 0 Å². The van der Waals surface area contributed by atoms with E-state index in [0.717, 1.165) is 5.56 Å². The number of nitrogens with one attached hydrogen (secondary N) is 1. The zero-order valence-electron chi connectivity index (χ0n) is 15.7. The summed E-state index contributed by atoms with van der Waals surface area (Å²) in [5.74, 6) is 1.81. The number of benzene rings is 2. The molecule has 0 saturated heterocycles. The van der Waals surface area contributed by atoms with Gasteiger partial charge in [0.25, 0.3) is 11.6 Å². The number of hydrogen-bond acceptors (Lipinski definition) is 8. The molecule has 0 aliphatic carbocycles.